The molecule has 0 spiro atoms. The summed E-state index contributed by atoms with van der Waals surface area (Å²) in [5.74, 6) is 1.26. The third-order valence-electron chi connectivity index (χ3n) is 4.75. The number of aromatic hydroxyl groups is 1. The molecular weight excluding hydrogens is 344 g/mol. The first-order valence-corrected chi connectivity index (χ1v) is 8.90. The molecule has 0 aliphatic carbocycles. The van der Waals surface area contributed by atoms with E-state index in [4.69, 9.17) is 10.2 Å². The fourth-order valence-electron chi connectivity index (χ4n) is 3.32. The Hall–Kier alpha value is -3.13. The van der Waals surface area contributed by atoms with E-state index in [1.54, 1.807) is 18.4 Å². The standard InChI is InChI=1S/C19H22N6O2/c1-13-21-14(12-27-13)11-24-6-8-25(9-7-24)17-10-16(22-23-19(17)20)15-4-2-3-5-18(15)26/h2-5,10,12,26H,6-9,11H2,1H3,(H2,20,23). The van der Waals surface area contributed by atoms with Crippen molar-refractivity contribution in [1.82, 2.24) is 20.1 Å². The molecule has 1 aliphatic rings. The molecule has 8 heteroatoms. The third kappa shape index (κ3) is 3.70. The van der Waals surface area contributed by atoms with Crippen LogP contribution in [0.3, 0.4) is 0 Å². The van der Waals surface area contributed by atoms with Crippen LogP contribution in [0.1, 0.15) is 11.6 Å². The van der Waals surface area contributed by atoms with Gasteiger partial charge in [-0.15, -0.1) is 10.2 Å². The van der Waals surface area contributed by atoms with Gasteiger partial charge < -0.3 is 20.2 Å². The van der Waals surface area contributed by atoms with Gasteiger partial charge in [-0.25, -0.2) is 4.98 Å². The van der Waals surface area contributed by atoms with E-state index >= 15 is 0 Å². The van der Waals surface area contributed by atoms with Crippen molar-refractivity contribution in [3.05, 3.63) is 48.2 Å². The first-order chi connectivity index (χ1) is 13.1. The van der Waals surface area contributed by atoms with E-state index in [0.29, 0.717) is 23.0 Å². The van der Waals surface area contributed by atoms with E-state index < -0.39 is 0 Å². The number of rotatable bonds is 4. The first-order valence-electron chi connectivity index (χ1n) is 8.90. The maximum atomic E-state index is 10.1. The number of phenolic OH excluding ortho intramolecular Hbond substituents is 1. The highest BCUT2D eigenvalue weighted by Gasteiger charge is 2.21. The van der Waals surface area contributed by atoms with Crippen LogP contribution < -0.4 is 10.6 Å². The van der Waals surface area contributed by atoms with Crippen molar-refractivity contribution in [2.45, 2.75) is 13.5 Å². The normalized spacial score (nSPS) is 15.2. The number of nitrogens with zero attached hydrogens (tertiary/aromatic N) is 5. The van der Waals surface area contributed by atoms with Crippen molar-refractivity contribution in [3.8, 4) is 17.0 Å². The molecule has 140 valence electrons. The van der Waals surface area contributed by atoms with Crippen molar-refractivity contribution >= 4 is 11.5 Å². The summed E-state index contributed by atoms with van der Waals surface area (Å²) in [6, 6.07) is 8.99. The van der Waals surface area contributed by atoms with Crippen molar-refractivity contribution in [3.63, 3.8) is 0 Å². The van der Waals surface area contributed by atoms with Gasteiger partial charge in [0.05, 0.1) is 17.1 Å². The Bertz CT molecular complexity index is 933. The van der Waals surface area contributed by atoms with Gasteiger partial charge in [0.2, 0.25) is 0 Å². The number of aromatic nitrogens is 3. The van der Waals surface area contributed by atoms with Gasteiger partial charge in [0.1, 0.15) is 12.0 Å². The summed E-state index contributed by atoms with van der Waals surface area (Å²) in [6.45, 7) is 6.06. The van der Waals surface area contributed by atoms with Crippen LogP contribution in [0.5, 0.6) is 5.75 Å². The maximum absolute atomic E-state index is 10.1. The van der Waals surface area contributed by atoms with Crippen molar-refractivity contribution in [2.24, 2.45) is 0 Å². The molecule has 0 radical (unpaired) electrons. The lowest BCUT2D eigenvalue weighted by molar-refractivity contribution is 0.247. The topological polar surface area (TPSA) is 105 Å². The number of anilines is 2. The lowest BCUT2D eigenvalue weighted by Gasteiger charge is -2.36. The van der Waals surface area contributed by atoms with Gasteiger partial charge in [0.25, 0.3) is 0 Å². The minimum absolute atomic E-state index is 0.176. The fourth-order valence-corrected chi connectivity index (χ4v) is 3.32. The molecule has 0 saturated carbocycles. The molecule has 2 aromatic heterocycles. The van der Waals surface area contributed by atoms with E-state index in [1.807, 2.05) is 25.1 Å². The molecule has 0 amide bonds. The Labute approximate surface area is 157 Å². The van der Waals surface area contributed by atoms with E-state index in [9.17, 15) is 5.11 Å². The van der Waals surface area contributed by atoms with Gasteiger partial charge in [-0.2, -0.15) is 0 Å². The number of phenols is 1. The highest BCUT2D eigenvalue weighted by Crippen LogP contribution is 2.31. The Morgan fingerprint density at radius 2 is 1.93 bits per heavy atom. The quantitative estimate of drug-likeness (QED) is 0.723. The van der Waals surface area contributed by atoms with Gasteiger partial charge in [-0.1, -0.05) is 12.1 Å². The highest BCUT2D eigenvalue weighted by atomic mass is 16.3. The smallest absolute Gasteiger partial charge is 0.191 e. The van der Waals surface area contributed by atoms with Crippen LogP contribution in [0, 0.1) is 6.92 Å². The second-order valence-corrected chi connectivity index (χ2v) is 6.64. The molecule has 0 bridgehead atoms. The number of para-hydroxylation sites is 1. The monoisotopic (exact) mass is 366 g/mol. The van der Waals surface area contributed by atoms with E-state index in [2.05, 4.69) is 25.0 Å². The van der Waals surface area contributed by atoms with Crippen molar-refractivity contribution in [2.75, 3.05) is 36.8 Å². The molecule has 0 atom stereocenters. The van der Waals surface area contributed by atoms with Crippen LogP contribution in [0.15, 0.2) is 41.0 Å². The lowest BCUT2D eigenvalue weighted by Crippen LogP contribution is -2.46. The molecule has 27 heavy (non-hydrogen) atoms. The first kappa shape index (κ1) is 17.3. The van der Waals surface area contributed by atoms with Crippen LogP contribution in [0.2, 0.25) is 0 Å². The summed E-state index contributed by atoms with van der Waals surface area (Å²) in [7, 11) is 0. The van der Waals surface area contributed by atoms with Crippen molar-refractivity contribution < 1.29 is 9.52 Å². The predicted octanol–water partition coefficient (Wildman–Crippen LogP) is 2.05. The predicted molar refractivity (Wildman–Crippen MR) is 102 cm³/mol. The van der Waals surface area contributed by atoms with Gasteiger partial charge in [-0.05, 0) is 18.2 Å². The van der Waals surface area contributed by atoms with Crippen LogP contribution in [0.25, 0.3) is 11.3 Å². The van der Waals surface area contributed by atoms with Crippen LogP contribution in [0.4, 0.5) is 11.5 Å². The second kappa shape index (κ2) is 7.24. The number of nitrogen functional groups attached to an aromatic ring is 1. The molecule has 1 fully saturated rings. The molecule has 3 aromatic rings. The Kier molecular flexibility index (Phi) is 4.64. The van der Waals surface area contributed by atoms with Crippen LogP contribution in [-0.2, 0) is 6.54 Å². The molecular formula is C19H22N6O2. The minimum Gasteiger partial charge on any atom is -0.507 e. The summed E-state index contributed by atoms with van der Waals surface area (Å²) in [5.41, 5.74) is 9.14. The zero-order chi connectivity index (χ0) is 18.8. The second-order valence-electron chi connectivity index (χ2n) is 6.64. The zero-order valence-electron chi connectivity index (χ0n) is 15.2. The lowest BCUT2D eigenvalue weighted by atomic mass is 10.1. The number of oxazole rings is 1. The third-order valence-corrected chi connectivity index (χ3v) is 4.75. The average Bonchev–Trinajstić information content (AvgIpc) is 3.08. The van der Waals surface area contributed by atoms with Gasteiger partial charge in [0, 0.05) is 45.2 Å². The number of hydrogen-bond acceptors (Lipinski definition) is 8. The molecule has 3 heterocycles. The Morgan fingerprint density at radius 1 is 1.15 bits per heavy atom. The zero-order valence-corrected chi connectivity index (χ0v) is 15.2. The van der Waals surface area contributed by atoms with E-state index in [0.717, 1.165) is 44.1 Å². The number of piperazine rings is 1. The number of nitrogens with two attached hydrogens (primary N) is 1. The summed E-state index contributed by atoms with van der Waals surface area (Å²) in [5, 5.41) is 18.3. The summed E-state index contributed by atoms with van der Waals surface area (Å²) < 4.78 is 5.28. The molecule has 0 unspecified atom stereocenters. The highest BCUT2D eigenvalue weighted by molar-refractivity contribution is 5.74. The summed E-state index contributed by atoms with van der Waals surface area (Å²) in [6.07, 6.45) is 1.71. The number of hydrogen-bond donors (Lipinski definition) is 2. The molecule has 1 aliphatic heterocycles. The summed E-state index contributed by atoms with van der Waals surface area (Å²) >= 11 is 0. The van der Waals surface area contributed by atoms with Gasteiger partial charge >= 0.3 is 0 Å². The fraction of sp³-hybridized carbons (Fsp3) is 0.316. The Balaban J connectivity index is 1.48. The van der Waals surface area contributed by atoms with Gasteiger partial charge in [-0.3, -0.25) is 4.90 Å². The van der Waals surface area contributed by atoms with Gasteiger partial charge in [0.15, 0.2) is 11.7 Å². The maximum Gasteiger partial charge on any atom is 0.191 e. The molecule has 8 nitrogen and oxygen atoms in total. The number of aryl methyl sites for hydroxylation is 1. The van der Waals surface area contributed by atoms with E-state index in [1.165, 1.54) is 0 Å². The molecule has 4 rings (SSSR count). The molecule has 1 saturated heterocycles. The minimum atomic E-state index is 0.176. The average molecular weight is 366 g/mol. The van der Waals surface area contributed by atoms with Crippen molar-refractivity contribution in [1.29, 1.82) is 0 Å². The largest absolute Gasteiger partial charge is 0.507 e. The van der Waals surface area contributed by atoms with Crippen LogP contribution in [-0.4, -0.2) is 51.4 Å². The number of benzene rings is 1. The SMILES string of the molecule is Cc1nc(CN2CCN(c3cc(-c4ccccc4O)nnc3N)CC2)co1. The van der Waals surface area contributed by atoms with Crippen LogP contribution >= 0.6 is 0 Å². The Morgan fingerprint density at radius 3 is 2.63 bits per heavy atom. The van der Waals surface area contributed by atoms with E-state index in [-0.39, 0.29) is 5.75 Å². The molecule has 3 N–H and O–H groups in total. The molecule has 1 aromatic carbocycles. The summed E-state index contributed by atoms with van der Waals surface area (Å²) in [4.78, 5) is 8.91.